The van der Waals surface area contributed by atoms with Crippen LogP contribution in [-0.2, 0) is 4.79 Å². The van der Waals surface area contributed by atoms with Gasteiger partial charge in [0.2, 0.25) is 5.91 Å². The van der Waals surface area contributed by atoms with E-state index in [1.807, 2.05) is 61.5 Å². The van der Waals surface area contributed by atoms with Crippen LogP contribution < -0.4 is 11.1 Å². The molecule has 0 heterocycles. The number of anilines is 1. The van der Waals surface area contributed by atoms with Crippen molar-refractivity contribution in [1.82, 2.24) is 5.32 Å². The van der Waals surface area contributed by atoms with Crippen molar-refractivity contribution in [3.05, 3.63) is 65.7 Å². The fraction of sp³-hybridized carbons (Fsp3) is 0.278. The Hall–Kier alpha value is -2.29. The summed E-state index contributed by atoms with van der Waals surface area (Å²) in [6.07, 6.45) is 0.473. The monoisotopic (exact) mass is 282 g/mol. The minimum atomic E-state index is 0.0253. The molecule has 0 aromatic heterocycles. The Morgan fingerprint density at radius 1 is 1.00 bits per heavy atom. The van der Waals surface area contributed by atoms with Crippen molar-refractivity contribution < 1.29 is 4.79 Å². The molecule has 21 heavy (non-hydrogen) atoms. The van der Waals surface area contributed by atoms with E-state index in [-0.39, 0.29) is 17.9 Å². The van der Waals surface area contributed by atoms with Gasteiger partial charge in [0.05, 0.1) is 6.04 Å². The molecule has 3 nitrogen and oxygen atoms in total. The lowest BCUT2D eigenvalue weighted by Gasteiger charge is -2.17. The lowest BCUT2D eigenvalue weighted by Crippen LogP contribution is -2.27. The van der Waals surface area contributed by atoms with Gasteiger partial charge in [0.1, 0.15) is 0 Å². The highest BCUT2D eigenvalue weighted by Crippen LogP contribution is 2.21. The van der Waals surface area contributed by atoms with E-state index >= 15 is 0 Å². The zero-order valence-corrected chi connectivity index (χ0v) is 12.5. The van der Waals surface area contributed by atoms with Gasteiger partial charge in [-0.2, -0.15) is 0 Å². The third kappa shape index (κ3) is 4.35. The summed E-state index contributed by atoms with van der Waals surface area (Å²) in [6, 6.07) is 17.7. The number of carbonyl (C=O) groups is 1. The predicted molar refractivity (Wildman–Crippen MR) is 86.9 cm³/mol. The van der Waals surface area contributed by atoms with Crippen molar-refractivity contribution >= 4 is 11.6 Å². The first-order valence-electron chi connectivity index (χ1n) is 7.26. The van der Waals surface area contributed by atoms with Gasteiger partial charge in [-0.15, -0.1) is 0 Å². The maximum atomic E-state index is 12.1. The van der Waals surface area contributed by atoms with Gasteiger partial charge in [-0.1, -0.05) is 49.4 Å². The standard InChI is InChI=1S/C18H22N2O/c1-13(15-8-10-17(19)11-9-15)12-18(21)20-14(2)16-6-4-3-5-7-16/h3-11,13-14H,12,19H2,1-2H3,(H,20,21). The fourth-order valence-corrected chi connectivity index (χ4v) is 2.35. The molecule has 3 N–H and O–H groups in total. The van der Waals surface area contributed by atoms with Gasteiger partial charge in [-0.25, -0.2) is 0 Å². The number of nitrogen functional groups attached to an aromatic ring is 1. The van der Waals surface area contributed by atoms with E-state index in [1.54, 1.807) is 0 Å². The highest BCUT2D eigenvalue weighted by Gasteiger charge is 2.14. The quantitative estimate of drug-likeness (QED) is 0.823. The third-order valence-electron chi connectivity index (χ3n) is 3.67. The van der Waals surface area contributed by atoms with Gasteiger partial charge in [0.25, 0.3) is 0 Å². The van der Waals surface area contributed by atoms with E-state index in [0.717, 1.165) is 16.8 Å². The highest BCUT2D eigenvalue weighted by atomic mass is 16.1. The molecule has 0 aliphatic carbocycles. The molecule has 2 aromatic carbocycles. The van der Waals surface area contributed by atoms with Gasteiger partial charge >= 0.3 is 0 Å². The number of nitrogens with two attached hydrogens (primary N) is 1. The van der Waals surface area contributed by atoms with Gasteiger partial charge in [0, 0.05) is 12.1 Å². The summed E-state index contributed by atoms with van der Waals surface area (Å²) in [5, 5.41) is 3.04. The van der Waals surface area contributed by atoms with E-state index in [2.05, 4.69) is 12.2 Å². The number of nitrogens with one attached hydrogen (secondary N) is 1. The SMILES string of the molecule is CC(CC(=O)NC(C)c1ccccc1)c1ccc(N)cc1. The number of benzene rings is 2. The first kappa shape index (κ1) is 15.1. The molecule has 0 saturated heterocycles. The van der Waals surface area contributed by atoms with E-state index in [9.17, 15) is 4.79 Å². The largest absolute Gasteiger partial charge is 0.399 e. The lowest BCUT2D eigenvalue weighted by atomic mass is 9.97. The third-order valence-corrected chi connectivity index (χ3v) is 3.67. The zero-order chi connectivity index (χ0) is 15.2. The van der Waals surface area contributed by atoms with Crippen molar-refractivity contribution in [3.8, 4) is 0 Å². The average molecular weight is 282 g/mol. The molecule has 0 aliphatic rings. The average Bonchev–Trinajstić information content (AvgIpc) is 2.48. The molecule has 0 spiro atoms. The molecule has 2 atom stereocenters. The second-order valence-corrected chi connectivity index (χ2v) is 5.47. The molecule has 110 valence electrons. The van der Waals surface area contributed by atoms with Crippen LogP contribution in [0, 0.1) is 0 Å². The van der Waals surface area contributed by atoms with Crippen molar-refractivity contribution in [3.63, 3.8) is 0 Å². The molecule has 0 aliphatic heterocycles. The minimum Gasteiger partial charge on any atom is -0.399 e. The van der Waals surface area contributed by atoms with Gasteiger partial charge in [-0.05, 0) is 36.1 Å². The number of hydrogen-bond acceptors (Lipinski definition) is 2. The summed E-state index contributed by atoms with van der Waals surface area (Å²) in [4.78, 5) is 12.1. The predicted octanol–water partition coefficient (Wildman–Crippen LogP) is 3.64. The Morgan fingerprint density at radius 3 is 2.24 bits per heavy atom. The fourth-order valence-electron chi connectivity index (χ4n) is 2.35. The number of rotatable bonds is 5. The van der Waals surface area contributed by atoms with E-state index in [4.69, 9.17) is 5.73 Å². The van der Waals surface area contributed by atoms with Crippen LogP contribution in [0.25, 0.3) is 0 Å². The smallest absolute Gasteiger partial charge is 0.221 e. The second-order valence-electron chi connectivity index (χ2n) is 5.47. The number of amides is 1. The van der Waals surface area contributed by atoms with Crippen LogP contribution in [0.1, 0.15) is 43.4 Å². The molecule has 0 radical (unpaired) electrons. The summed E-state index contributed by atoms with van der Waals surface area (Å²) in [7, 11) is 0. The van der Waals surface area contributed by atoms with Crippen LogP contribution in [0.2, 0.25) is 0 Å². The summed E-state index contributed by atoms with van der Waals surface area (Å²) >= 11 is 0. The maximum Gasteiger partial charge on any atom is 0.221 e. The van der Waals surface area contributed by atoms with E-state index in [0.29, 0.717) is 6.42 Å². The Kier molecular flexibility index (Phi) is 4.99. The number of hydrogen-bond donors (Lipinski definition) is 2. The molecule has 1 amide bonds. The summed E-state index contributed by atoms with van der Waals surface area (Å²) in [5.74, 6) is 0.240. The number of carbonyl (C=O) groups excluding carboxylic acids is 1. The van der Waals surface area contributed by atoms with Crippen LogP contribution in [0.15, 0.2) is 54.6 Å². The normalized spacial score (nSPS) is 13.4. The van der Waals surface area contributed by atoms with Gasteiger partial charge in [0.15, 0.2) is 0 Å². The summed E-state index contributed by atoms with van der Waals surface area (Å²) in [5.41, 5.74) is 8.67. The Labute approximate surface area is 126 Å². The molecular formula is C18H22N2O. The van der Waals surface area contributed by atoms with E-state index in [1.165, 1.54) is 0 Å². The van der Waals surface area contributed by atoms with Gasteiger partial charge < -0.3 is 11.1 Å². The van der Waals surface area contributed by atoms with Crippen LogP contribution in [-0.4, -0.2) is 5.91 Å². The van der Waals surface area contributed by atoms with E-state index < -0.39 is 0 Å². The summed E-state index contributed by atoms with van der Waals surface area (Å²) < 4.78 is 0. The van der Waals surface area contributed by atoms with Crippen molar-refractivity contribution in [2.24, 2.45) is 0 Å². The molecule has 2 aromatic rings. The first-order chi connectivity index (χ1) is 10.1. The first-order valence-corrected chi connectivity index (χ1v) is 7.26. The molecule has 0 saturated carbocycles. The van der Waals surface area contributed by atoms with Crippen molar-refractivity contribution in [1.29, 1.82) is 0 Å². The summed E-state index contributed by atoms with van der Waals surface area (Å²) in [6.45, 7) is 4.05. The molecule has 0 bridgehead atoms. The molecule has 2 rings (SSSR count). The van der Waals surface area contributed by atoms with Crippen LogP contribution in [0.5, 0.6) is 0 Å². The topological polar surface area (TPSA) is 55.1 Å². The molecular weight excluding hydrogens is 260 g/mol. The molecule has 0 fully saturated rings. The second kappa shape index (κ2) is 6.93. The Balaban J connectivity index is 1.91. The molecule has 2 unspecified atom stereocenters. The lowest BCUT2D eigenvalue weighted by molar-refractivity contribution is -0.122. The van der Waals surface area contributed by atoms with Crippen molar-refractivity contribution in [2.75, 3.05) is 5.73 Å². The van der Waals surface area contributed by atoms with Gasteiger partial charge in [-0.3, -0.25) is 4.79 Å². The maximum absolute atomic E-state index is 12.1. The Bertz CT molecular complexity index is 578. The van der Waals surface area contributed by atoms with Crippen LogP contribution in [0.3, 0.4) is 0 Å². The molecule has 3 heteroatoms. The van der Waals surface area contributed by atoms with Crippen LogP contribution >= 0.6 is 0 Å². The van der Waals surface area contributed by atoms with Crippen LogP contribution in [0.4, 0.5) is 5.69 Å². The highest BCUT2D eigenvalue weighted by molar-refractivity contribution is 5.77. The zero-order valence-electron chi connectivity index (χ0n) is 12.5. The van der Waals surface area contributed by atoms with Crippen molar-refractivity contribution in [2.45, 2.75) is 32.2 Å². The minimum absolute atomic E-state index is 0.0253. The Morgan fingerprint density at radius 2 is 1.62 bits per heavy atom.